The van der Waals surface area contributed by atoms with Gasteiger partial charge in [-0.05, 0) is 42.5 Å². The predicted octanol–water partition coefficient (Wildman–Crippen LogP) is 4.28. The molecule has 7 heteroatoms. The van der Waals surface area contributed by atoms with Gasteiger partial charge in [-0.25, -0.2) is 0 Å². The van der Waals surface area contributed by atoms with E-state index in [9.17, 15) is 18.0 Å². The molecule has 4 nitrogen and oxygen atoms in total. The molecule has 0 saturated carbocycles. The molecule has 1 saturated heterocycles. The molecule has 0 radical (unpaired) electrons. The van der Waals surface area contributed by atoms with E-state index in [-0.39, 0.29) is 5.91 Å². The van der Waals surface area contributed by atoms with E-state index in [0.29, 0.717) is 31.9 Å². The second-order valence-corrected chi connectivity index (χ2v) is 6.23. The standard InChI is InChI=1S/C20H20F3N3O/c1-2-19(27)26-13-11-25(12-14-26)18-6-4-3-5-17(18)24-16-9-7-15(8-10-16)20(21,22)23/h2-10,24H,1,11-14H2. The summed E-state index contributed by atoms with van der Waals surface area (Å²) in [7, 11) is 0. The number of carbonyl (C=O) groups is 1. The minimum atomic E-state index is -4.35. The van der Waals surface area contributed by atoms with Gasteiger partial charge in [0.05, 0.1) is 16.9 Å². The van der Waals surface area contributed by atoms with Gasteiger partial charge < -0.3 is 15.1 Å². The van der Waals surface area contributed by atoms with Crippen LogP contribution in [0, 0.1) is 0 Å². The maximum Gasteiger partial charge on any atom is 0.416 e. The van der Waals surface area contributed by atoms with Crippen molar-refractivity contribution in [3.05, 3.63) is 66.7 Å². The lowest BCUT2D eigenvalue weighted by Crippen LogP contribution is -2.48. The third-order valence-corrected chi connectivity index (χ3v) is 4.50. The SMILES string of the molecule is C=CC(=O)N1CCN(c2ccccc2Nc2ccc(C(F)(F)F)cc2)CC1. The minimum Gasteiger partial charge on any atom is -0.366 e. The molecular weight excluding hydrogens is 355 g/mol. The summed E-state index contributed by atoms with van der Waals surface area (Å²) in [6.45, 7) is 6.05. The zero-order valence-electron chi connectivity index (χ0n) is 14.7. The highest BCUT2D eigenvalue weighted by Crippen LogP contribution is 2.32. The second-order valence-electron chi connectivity index (χ2n) is 6.23. The first kappa shape index (κ1) is 18.8. The van der Waals surface area contributed by atoms with Crippen molar-refractivity contribution >= 4 is 23.0 Å². The van der Waals surface area contributed by atoms with Crippen LogP contribution in [0.1, 0.15) is 5.56 Å². The highest BCUT2D eigenvalue weighted by Gasteiger charge is 2.30. The van der Waals surface area contributed by atoms with Crippen molar-refractivity contribution in [2.24, 2.45) is 0 Å². The Morgan fingerprint density at radius 2 is 1.63 bits per heavy atom. The molecule has 2 aromatic rings. The highest BCUT2D eigenvalue weighted by atomic mass is 19.4. The summed E-state index contributed by atoms with van der Waals surface area (Å²) in [6.07, 6.45) is -3.03. The number of nitrogens with zero attached hydrogens (tertiary/aromatic N) is 2. The summed E-state index contributed by atoms with van der Waals surface area (Å²) >= 11 is 0. The first-order valence-corrected chi connectivity index (χ1v) is 8.58. The van der Waals surface area contributed by atoms with Crippen LogP contribution in [0.2, 0.25) is 0 Å². The molecule has 0 aliphatic carbocycles. The normalized spacial score (nSPS) is 14.8. The number of hydrogen-bond acceptors (Lipinski definition) is 3. The number of carbonyl (C=O) groups excluding carboxylic acids is 1. The molecule has 1 fully saturated rings. The van der Waals surface area contributed by atoms with Crippen LogP contribution in [0.25, 0.3) is 0 Å². The maximum atomic E-state index is 12.7. The minimum absolute atomic E-state index is 0.0779. The van der Waals surface area contributed by atoms with Crippen molar-refractivity contribution in [1.29, 1.82) is 0 Å². The van der Waals surface area contributed by atoms with Crippen molar-refractivity contribution in [3.63, 3.8) is 0 Å². The molecule has 1 aliphatic rings. The van der Waals surface area contributed by atoms with Gasteiger partial charge in [0.15, 0.2) is 0 Å². The molecule has 0 unspecified atom stereocenters. The fourth-order valence-electron chi connectivity index (χ4n) is 3.05. The van der Waals surface area contributed by atoms with Crippen LogP contribution >= 0.6 is 0 Å². The maximum absolute atomic E-state index is 12.7. The predicted molar refractivity (Wildman–Crippen MR) is 100 cm³/mol. The quantitative estimate of drug-likeness (QED) is 0.810. The summed E-state index contributed by atoms with van der Waals surface area (Å²) in [5.41, 5.74) is 1.66. The van der Waals surface area contributed by atoms with Crippen molar-refractivity contribution in [2.45, 2.75) is 6.18 Å². The number of amides is 1. The van der Waals surface area contributed by atoms with E-state index in [1.165, 1.54) is 18.2 Å². The van der Waals surface area contributed by atoms with Gasteiger partial charge in [0.2, 0.25) is 5.91 Å². The van der Waals surface area contributed by atoms with E-state index in [0.717, 1.165) is 23.5 Å². The number of nitrogens with one attached hydrogen (secondary N) is 1. The van der Waals surface area contributed by atoms with Gasteiger partial charge in [-0.15, -0.1) is 0 Å². The van der Waals surface area contributed by atoms with E-state index >= 15 is 0 Å². The van der Waals surface area contributed by atoms with E-state index in [2.05, 4.69) is 16.8 Å². The Labute approximate surface area is 155 Å². The fourth-order valence-corrected chi connectivity index (χ4v) is 3.05. The molecule has 3 rings (SSSR count). The molecule has 1 heterocycles. The zero-order chi connectivity index (χ0) is 19.4. The number of anilines is 3. The van der Waals surface area contributed by atoms with Crippen molar-refractivity contribution in [2.75, 3.05) is 36.4 Å². The van der Waals surface area contributed by atoms with Gasteiger partial charge in [-0.3, -0.25) is 4.79 Å². The Kier molecular flexibility index (Phi) is 5.39. The largest absolute Gasteiger partial charge is 0.416 e. The van der Waals surface area contributed by atoms with Gasteiger partial charge in [0, 0.05) is 31.9 Å². The molecule has 0 bridgehead atoms. The smallest absolute Gasteiger partial charge is 0.366 e. The van der Waals surface area contributed by atoms with Crippen LogP contribution in [0.4, 0.5) is 30.2 Å². The molecule has 1 amide bonds. The lowest BCUT2D eigenvalue weighted by atomic mass is 10.1. The Hall–Kier alpha value is -2.96. The topological polar surface area (TPSA) is 35.6 Å². The van der Waals surface area contributed by atoms with Gasteiger partial charge in [-0.1, -0.05) is 18.7 Å². The van der Waals surface area contributed by atoms with Crippen LogP contribution < -0.4 is 10.2 Å². The van der Waals surface area contributed by atoms with Gasteiger partial charge in [0.1, 0.15) is 0 Å². The van der Waals surface area contributed by atoms with Gasteiger partial charge >= 0.3 is 6.18 Å². The summed E-state index contributed by atoms with van der Waals surface area (Å²) in [6, 6.07) is 12.6. The van der Waals surface area contributed by atoms with Crippen LogP contribution in [-0.4, -0.2) is 37.0 Å². The molecule has 0 spiro atoms. The Bertz CT molecular complexity index is 810. The first-order valence-electron chi connectivity index (χ1n) is 8.58. The number of benzene rings is 2. The molecule has 142 valence electrons. The zero-order valence-corrected chi connectivity index (χ0v) is 14.7. The lowest BCUT2D eigenvalue weighted by Gasteiger charge is -2.36. The number of rotatable bonds is 4. The molecule has 0 atom stereocenters. The van der Waals surface area contributed by atoms with Gasteiger partial charge in [0.25, 0.3) is 0 Å². The second kappa shape index (κ2) is 7.73. The molecule has 1 aliphatic heterocycles. The monoisotopic (exact) mass is 375 g/mol. The Balaban J connectivity index is 1.73. The number of alkyl halides is 3. The summed E-state index contributed by atoms with van der Waals surface area (Å²) in [5, 5.41) is 3.19. The number of hydrogen-bond donors (Lipinski definition) is 1. The van der Waals surface area contributed by atoms with Crippen LogP contribution in [0.15, 0.2) is 61.2 Å². The van der Waals surface area contributed by atoms with E-state index in [1.807, 2.05) is 24.3 Å². The number of piperazine rings is 1. The average Bonchev–Trinajstić information content (AvgIpc) is 2.68. The van der Waals surface area contributed by atoms with Crippen LogP contribution in [0.5, 0.6) is 0 Å². The Morgan fingerprint density at radius 3 is 2.22 bits per heavy atom. The van der Waals surface area contributed by atoms with E-state index < -0.39 is 11.7 Å². The van der Waals surface area contributed by atoms with Gasteiger partial charge in [-0.2, -0.15) is 13.2 Å². The summed E-state index contributed by atoms with van der Waals surface area (Å²) < 4.78 is 38.1. The van der Waals surface area contributed by atoms with E-state index in [4.69, 9.17) is 0 Å². The molecule has 27 heavy (non-hydrogen) atoms. The van der Waals surface area contributed by atoms with E-state index in [1.54, 1.807) is 4.90 Å². The molecule has 1 N–H and O–H groups in total. The third kappa shape index (κ3) is 4.42. The van der Waals surface area contributed by atoms with Crippen LogP contribution in [-0.2, 0) is 11.0 Å². The van der Waals surface area contributed by atoms with Crippen LogP contribution in [0.3, 0.4) is 0 Å². The Morgan fingerprint density at radius 1 is 1.00 bits per heavy atom. The number of para-hydroxylation sites is 2. The molecule has 0 aromatic heterocycles. The van der Waals surface area contributed by atoms with Crippen molar-refractivity contribution in [3.8, 4) is 0 Å². The van der Waals surface area contributed by atoms with Crippen molar-refractivity contribution < 1.29 is 18.0 Å². The molecular formula is C20H20F3N3O. The fraction of sp³-hybridized carbons (Fsp3) is 0.250. The average molecular weight is 375 g/mol. The number of halogens is 3. The van der Waals surface area contributed by atoms with Crippen molar-refractivity contribution in [1.82, 2.24) is 4.90 Å². The first-order chi connectivity index (χ1) is 12.9. The summed E-state index contributed by atoms with van der Waals surface area (Å²) in [5.74, 6) is -0.0779. The molecule has 2 aromatic carbocycles. The third-order valence-electron chi connectivity index (χ3n) is 4.50. The highest BCUT2D eigenvalue weighted by molar-refractivity contribution is 5.87. The summed E-state index contributed by atoms with van der Waals surface area (Å²) in [4.78, 5) is 15.6. The lowest BCUT2D eigenvalue weighted by molar-refractivity contribution is -0.137.